The van der Waals surface area contributed by atoms with Gasteiger partial charge in [-0.2, -0.15) is 5.10 Å². The number of nitrogens with one attached hydrogen (secondary N) is 2. The molecule has 1 fully saturated rings. The molecular formula is C14H14N4O. The molecule has 0 atom stereocenters. The predicted molar refractivity (Wildman–Crippen MR) is 72.9 cm³/mol. The summed E-state index contributed by atoms with van der Waals surface area (Å²) in [6.45, 7) is 0.966. The van der Waals surface area contributed by atoms with Crippen molar-refractivity contribution >= 4 is 11.0 Å². The maximum atomic E-state index is 11.4. The third-order valence-electron chi connectivity index (χ3n) is 3.67. The minimum Gasteiger partial charge on any atom is -0.306 e. The Morgan fingerprint density at radius 2 is 2.16 bits per heavy atom. The van der Waals surface area contributed by atoms with Crippen molar-refractivity contribution in [1.29, 1.82) is 0 Å². The second-order valence-electron chi connectivity index (χ2n) is 5.15. The van der Waals surface area contributed by atoms with Crippen LogP contribution in [0, 0.1) is 5.92 Å². The monoisotopic (exact) mass is 254 g/mol. The van der Waals surface area contributed by atoms with E-state index in [-0.39, 0.29) is 5.69 Å². The van der Waals surface area contributed by atoms with Gasteiger partial charge in [0.1, 0.15) is 0 Å². The van der Waals surface area contributed by atoms with E-state index in [0.717, 1.165) is 34.8 Å². The number of aromatic nitrogens is 4. The van der Waals surface area contributed by atoms with E-state index in [0.29, 0.717) is 0 Å². The average molecular weight is 254 g/mol. The van der Waals surface area contributed by atoms with Gasteiger partial charge in [-0.05, 0) is 30.9 Å². The van der Waals surface area contributed by atoms with Crippen LogP contribution in [0.5, 0.6) is 0 Å². The van der Waals surface area contributed by atoms with E-state index in [1.54, 1.807) is 0 Å². The Balaban J connectivity index is 1.89. The Morgan fingerprint density at radius 3 is 3.00 bits per heavy atom. The van der Waals surface area contributed by atoms with Gasteiger partial charge >= 0.3 is 5.69 Å². The number of rotatable bonds is 3. The predicted octanol–water partition coefficient (Wildman–Crippen LogP) is 2.13. The normalized spacial score (nSPS) is 15.2. The summed E-state index contributed by atoms with van der Waals surface area (Å²) in [7, 11) is 0. The third kappa shape index (κ3) is 1.78. The zero-order valence-electron chi connectivity index (χ0n) is 10.4. The summed E-state index contributed by atoms with van der Waals surface area (Å²) in [5.74, 6) is 0.767. The van der Waals surface area contributed by atoms with Crippen LogP contribution < -0.4 is 5.69 Å². The summed E-state index contributed by atoms with van der Waals surface area (Å²) >= 11 is 0. The van der Waals surface area contributed by atoms with Crippen molar-refractivity contribution in [3.05, 3.63) is 40.9 Å². The lowest BCUT2D eigenvalue weighted by molar-refractivity contribution is 0.569. The molecule has 96 valence electrons. The third-order valence-corrected chi connectivity index (χ3v) is 3.67. The van der Waals surface area contributed by atoms with Crippen molar-refractivity contribution in [3.63, 3.8) is 0 Å². The fraction of sp³-hybridized carbons (Fsp3) is 0.286. The molecule has 0 bridgehead atoms. The lowest BCUT2D eigenvalue weighted by atomic mass is 10.1. The Bertz CT molecular complexity index is 791. The van der Waals surface area contributed by atoms with Crippen molar-refractivity contribution in [1.82, 2.24) is 19.7 Å². The largest absolute Gasteiger partial charge is 0.323 e. The molecule has 2 N–H and O–H groups in total. The second kappa shape index (κ2) is 3.85. The first-order valence-corrected chi connectivity index (χ1v) is 6.54. The van der Waals surface area contributed by atoms with Crippen LogP contribution in [0.25, 0.3) is 22.3 Å². The molecule has 1 saturated carbocycles. The zero-order chi connectivity index (χ0) is 12.8. The van der Waals surface area contributed by atoms with Gasteiger partial charge in [0.15, 0.2) is 0 Å². The van der Waals surface area contributed by atoms with Crippen LogP contribution in [-0.2, 0) is 6.54 Å². The van der Waals surface area contributed by atoms with Crippen molar-refractivity contribution < 1.29 is 0 Å². The number of benzene rings is 1. The minimum absolute atomic E-state index is 0.171. The first kappa shape index (κ1) is 10.6. The Hall–Kier alpha value is -2.30. The van der Waals surface area contributed by atoms with Gasteiger partial charge in [0.05, 0.1) is 16.7 Å². The van der Waals surface area contributed by atoms with Gasteiger partial charge in [0.25, 0.3) is 0 Å². The molecule has 1 aliphatic rings. The number of nitrogens with zero attached hydrogens (tertiary/aromatic N) is 2. The Morgan fingerprint density at radius 1 is 1.26 bits per heavy atom. The molecule has 0 amide bonds. The molecule has 5 heteroatoms. The molecule has 2 heterocycles. The number of hydrogen-bond acceptors (Lipinski definition) is 2. The van der Waals surface area contributed by atoms with Crippen molar-refractivity contribution in [2.75, 3.05) is 0 Å². The van der Waals surface area contributed by atoms with Crippen molar-refractivity contribution in [2.45, 2.75) is 19.4 Å². The summed E-state index contributed by atoms with van der Waals surface area (Å²) in [6.07, 6.45) is 4.41. The van der Waals surface area contributed by atoms with Crippen LogP contribution in [0.4, 0.5) is 0 Å². The first-order chi connectivity index (χ1) is 9.31. The number of fused-ring (bicyclic) bond motifs is 1. The van der Waals surface area contributed by atoms with Gasteiger partial charge < -0.3 is 9.97 Å². The topological polar surface area (TPSA) is 66.5 Å². The SMILES string of the molecule is O=c1[nH]c2cccc(-c3ccnn3CC3CC3)c2[nH]1. The molecular weight excluding hydrogens is 240 g/mol. The summed E-state index contributed by atoms with van der Waals surface area (Å²) in [5.41, 5.74) is 3.60. The Labute approximate surface area is 109 Å². The minimum atomic E-state index is -0.171. The van der Waals surface area contributed by atoms with Crippen molar-refractivity contribution in [3.8, 4) is 11.3 Å². The van der Waals surface area contributed by atoms with E-state index in [1.807, 2.05) is 35.1 Å². The fourth-order valence-electron chi connectivity index (χ4n) is 2.52. The van der Waals surface area contributed by atoms with E-state index in [4.69, 9.17) is 0 Å². The van der Waals surface area contributed by atoms with Crippen LogP contribution in [0.3, 0.4) is 0 Å². The van der Waals surface area contributed by atoms with E-state index in [2.05, 4.69) is 15.1 Å². The molecule has 4 rings (SSSR count). The number of H-pyrrole nitrogens is 2. The highest BCUT2D eigenvalue weighted by atomic mass is 16.1. The van der Waals surface area contributed by atoms with Gasteiger partial charge in [-0.3, -0.25) is 4.68 Å². The molecule has 1 aromatic carbocycles. The lowest BCUT2D eigenvalue weighted by Crippen LogP contribution is -2.04. The maximum Gasteiger partial charge on any atom is 0.323 e. The van der Waals surface area contributed by atoms with Gasteiger partial charge in [-0.15, -0.1) is 0 Å². The summed E-state index contributed by atoms with van der Waals surface area (Å²) in [5, 5.41) is 4.40. The molecule has 5 nitrogen and oxygen atoms in total. The smallest absolute Gasteiger partial charge is 0.306 e. The highest BCUT2D eigenvalue weighted by molar-refractivity contribution is 5.90. The average Bonchev–Trinajstić information content (AvgIpc) is 2.94. The summed E-state index contributed by atoms with van der Waals surface area (Å²) in [4.78, 5) is 17.1. The van der Waals surface area contributed by atoms with Gasteiger partial charge in [0, 0.05) is 18.3 Å². The molecule has 0 radical (unpaired) electrons. The molecule has 2 aromatic heterocycles. The van der Waals surface area contributed by atoms with E-state index in [9.17, 15) is 4.79 Å². The highest BCUT2D eigenvalue weighted by Gasteiger charge is 2.23. The molecule has 3 aromatic rings. The number of aromatic amines is 2. The van der Waals surface area contributed by atoms with E-state index < -0.39 is 0 Å². The standard InChI is InChI=1S/C14H14N4O/c19-14-16-11-3-1-2-10(13(11)17-14)12-6-7-15-18(12)8-9-4-5-9/h1-3,6-7,9H,4-5,8H2,(H2,16,17,19). The maximum absolute atomic E-state index is 11.4. The second-order valence-corrected chi connectivity index (χ2v) is 5.15. The van der Waals surface area contributed by atoms with Crippen LogP contribution in [0.15, 0.2) is 35.3 Å². The van der Waals surface area contributed by atoms with Crippen LogP contribution >= 0.6 is 0 Å². The highest BCUT2D eigenvalue weighted by Crippen LogP contribution is 2.33. The van der Waals surface area contributed by atoms with E-state index >= 15 is 0 Å². The quantitative estimate of drug-likeness (QED) is 0.752. The van der Waals surface area contributed by atoms with Gasteiger partial charge in [-0.1, -0.05) is 12.1 Å². The van der Waals surface area contributed by atoms with Crippen LogP contribution in [0.1, 0.15) is 12.8 Å². The lowest BCUT2D eigenvalue weighted by Gasteiger charge is -2.07. The first-order valence-electron chi connectivity index (χ1n) is 6.54. The summed E-state index contributed by atoms with van der Waals surface area (Å²) < 4.78 is 2.04. The number of para-hydroxylation sites is 1. The number of imidazole rings is 1. The molecule has 0 aliphatic heterocycles. The van der Waals surface area contributed by atoms with Gasteiger partial charge in [0.2, 0.25) is 0 Å². The van der Waals surface area contributed by atoms with Crippen molar-refractivity contribution in [2.24, 2.45) is 5.92 Å². The fourth-order valence-corrected chi connectivity index (χ4v) is 2.52. The van der Waals surface area contributed by atoms with Crippen LogP contribution in [0.2, 0.25) is 0 Å². The molecule has 19 heavy (non-hydrogen) atoms. The molecule has 0 spiro atoms. The molecule has 1 aliphatic carbocycles. The Kier molecular flexibility index (Phi) is 2.15. The number of hydrogen-bond donors (Lipinski definition) is 2. The molecule has 0 unspecified atom stereocenters. The van der Waals surface area contributed by atoms with Crippen LogP contribution in [-0.4, -0.2) is 19.7 Å². The molecule has 0 saturated heterocycles. The van der Waals surface area contributed by atoms with E-state index in [1.165, 1.54) is 12.8 Å². The summed E-state index contributed by atoms with van der Waals surface area (Å²) in [6, 6.07) is 7.88. The zero-order valence-corrected chi connectivity index (χ0v) is 10.4. The van der Waals surface area contributed by atoms with Gasteiger partial charge in [-0.25, -0.2) is 4.79 Å².